The molecule has 1 fully saturated rings. The zero-order valence-electron chi connectivity index (χ0n) is 20.7. The summed E-state index contributed by atoms with van der Waals surface area (Å²) in [6.45, 7) is 9.68. The molecule has 186 valence electrons. The highest BCUT2D eigenvalue weighted by molar-refractivity contribution is 5.95. The lowest BCUT2D eigenvalue weighted by atomic mass is 9.91. The topological polar surface area (TPSA) is 62.2 Å². The molecule has 0 radical (unpaired) electrons. The Balaban J connectivity index is 0.00000289. The van der Waals surface area contributed by atoms with Crippen LogP contribution < -0.4 is 10.6 Å². The summed E-state index contributed by atoms with van der Waals surface area (Å²) in [7, 11) is 0. The number of nitrogens with zero attached hydrogens (tertiary/aromatic N) is 3. The summed E-state index contributed by atoms with van der Waals surface area (Å²) in [5.41, 5.74) is 8.15. The number of halogens is 1. The molecule has 2 aliphatic rings. The number of aromatic nitrogens is 2. The quantitative estimate of drug-likeness (QED) is 0.541. The minimum Gasteiger partial charge on any atom is -0.351 e. The molecule has 1 saturated heterocycles. The molecular formula is C28H36ClN5O. The van der Waals surface area contributed by atoms with E-state index in [1.807, 2.05) is 4.68 Å². The van der Waals surface area contributed by atoms with E-state index in [0.717, 1.165) is 63.4 Å². The Hall–Kier alpha value is -2.67. The molecule has 2 N–H and O–H groups in total. The number of piperidine rings is 1. The summed E-state index contributed by atoms with van der Waals surface area (Å²) in [4.78, 5) is 15.7. The molecular weight excluding hydrogens is 458 g/mol. The van der Waals surface area contributed by atoms with Gasteiger partial charge in [0.15, 0.2) is 0 Å². The molecule has 3 heterocycles. The van der Waals surface area contributed by atoms with Gasteiger partial charge in [-0.05, 0) is 80.6 Å². The third-order valence-corrected chi connectivity index (χ3v) is 7.44. The molecule has 2 aliphatic heterocycles. The molecule has 3 aromatic rings. The van der Waals surface area contributed by atoms with Crippen LogP contribution in [0.25, 0.3) is 5.69 Å². The van der Waals surface area contributed by atoms with E-state index in [-0.39, 0.29) is 18.3 Å². The van der Waals surface area contributed by atoms with Crippen LogP contribution in [0.1, 0.15) is 57.1 Å². The monoisotopic (exact) mass is 493 g/mol. The first kappa shape index (κ1) is 25.4. The van der Waals surface area contributed by atoms with Gasteiger partial charge in [-0.2, -0.15) is 5.10 Å². The Labute approximate surface area is 214 Å². The summed E-state index contributed by atoms with van der Waals surface area (Å²) < 4.78 is 2.00. The Kier molecular flexibility index (Phi) is 8.26. The van der Waals surface area contributed by atoms with Gasteiger partial charge in [0.2, 0.25) is 0 Å². The van der Waals surface area contributed by atoms with Crippen LogP contribution in [0, 0.1) is 13.8 Å². The summed E-state index contributed by atoms with van der Waals surface area (Å²) in [6, 6.07) is 15.1. The number of aryl methyl sites for hydroxylation is 2. The van der Waals surface area contributed by atoms with E-state index in [1.165, 1.54) is 22.3 Å². The van der Waals surface area contributed by atoms with Crippen molar-refractivity contribution >= 4 is 18.3 Å². The summed E-state index contributed by atoms with van der Waals surface area (Å²) in [5.74, 6) is 0.311. The molecule has 0 unspecified atom stereocenters. The van der Waals surface area contributed by atoms with Gasteiger partial charge in [0.05, 0.1) is 23.1 Å². The standard InChI is InChI=1S/C28H35N5O.ClH/c1-20-7-8-25(17-21(20)2)33-27(23-9-12-29-13-10-23)26(18-31-33)28(34)30-14-16-32-15-11-22-5-3-4-6-24(22)19-32;/h3-8,17-18,23,29H,9-16,19H2,1-2H3,(H,30,34);1H. The third kappa shape index (κ3) is 5.61. The average molecular weight is 494 g/mol. The first-order valence-corrected chi connectivity index (χ1v) is 12.5. The largest absolute Gasteiger partial charge is 0.351 e. The highest BCUT2D eigenvalue weighted by Crippen LogP contribution is 2.30. The van der Waals surface area contributed by atoms with Gasteiger partial charge < -0.3 is 10.6 Å². The van der Waals surface area contributed by atoms with Crippen molar-refractivity contribution in [3.63, 3.8) is 0 Å². The van der Waals surface area contributed by atoms with Crippen molar-refractivity contribution in [3.8, 4) is 5.69 Å². The predicted octanol–water partition coefficient (Wildman–Crippen LogP) is 4.17. The lowest BCUT2D eigenvalue weighted by Crippen LogP contribution is -2.38. The summed E-state index contributed by atoms with van der Waals surface area (Å²) in [5, 5.41) is 11.3. The fraction of sp³-hybridized carbons (Fsp3) is 0.429. The van der Waals surface area contributed by atoms with Crippen LogP contribution >= 0.6 is 12.4 Å². The minimum atomic E-state index is -0.0129. The Morgan fingerprint density at radius 3 is 2.63 bits per heavy atom. The first-order chi connectivity index (χ1) is 16.6. The van der Waals surface area contributed by atoms with Crippen LogP contribution in [-0.4, -0.2) is 53.3 Å². The van der Waals surface area contributed by atoms with Gasteiger partial charge in [-0.15, -0.1) is 12.4 Å². The number of hydrogen-bond donors (Lipinski definition) is 2. The lowest BCUT2D eigenvalue weighted by Gasteiger charge is -2.28. The number of benzene rings is 2. The molecule has 0 atom stereocenters. The maximum absolute atomic E-state index is 13.3. The van der Waals surface area contributed by atoms with Gasteiger partial charge in [-0.1, -0.05) is 30.3 Å². The van der Waals surface area contributed by atoms with Crippen molar-refractivity contribution in [2.75, 3.05) is 32.7 Å². The van der Waals surface area contributed by atoms with Gasteiger partial charge in [0, 0.05) is 32.1 Å². The van der Waals surface area contributed by atoms with Crippen LogP contribution in [-0.2, 0) is 13.0 Å². The highest BCUT2D eigenvalue weighted by Gasteiger charge is 2.27. The number of rotatable bonds is 6. The van der Waals surface area contributed by atoms with E-state index < -0.39 is 0 Å². The zero-order chi connectivity index (χ0) is 23.5. The van der Waals surface area contributed by atoms with Crippen molar-refractivity contribution in [1.82, 2.24) is 25.3 Å². The summed E-state index contributed by atoms with van der Waals surface area (Å²) in [6.07, 6.45) is 4.87. The molecule has 0 bridgehead atoms. The average Bonchev–Trinajstić information content (AvgIpc) is 3.31. The van der Waals surface area contributed by atoms with Gasteiger partial charge >= 0.3 is 0 Å². The number of carbonyl (C=O) groups excluding carboxylic acids is 1. The second kappa shape index (κ2) is 11.4. The molecule has 5 rings (SSSR count). The van der Waals surface area contributed by atoms with Gasteiger partial charge in [0.1, 0.15) is 0 Å². The molecule has 0 spiro atoms. The smallest absolute Gasteiger partial charge is 0.254 e. The van der Waals surface area contributed by atoms with Crippen LogP contribution in [0.5, 0.6) is 0 Å². The van der Waals surface area contributed by atoms with Crippen LogP contribution in [0.4, 0.5) is 0 Å². The maximum atomic E-state index is 13.3. The second-order valence-corrected chi connectivity index (χ2v) is 9.70. The summed E-state index contributed by atoms with van der Waals surface area (Å²) >= 11 is 0. The number of nitrogens with one attached hydrogen (secondary N) is 2. The zero-order valence-corrected chi connectivity index (χ0v) is 21.5. The molecule has 6 nitrogen and oxygen atoms in total. The number of fused-ring (bicyclic) bond motifs is 1. The molecule has 7 heteroatoms. The van der Waals surface area contributed by atoms with Crippen molar-refractivity contribution in [3.05, 3.63) is 82.2 Å². The van der Waals surface area contributed by atoms with Crippen LogP contribution in [0.2, 0.25) is 0 Å². The maximum Gasteiger partial charge on any atom is 0.254 e. The fourth-order valence-electron chi connectivity index (χ4n) is 5.25. The predicted molar refractivity (Wildman–Crippen MR) is 143 cm³/mol. The Morgan fingerprint density at radius 1 is 1.09 bits per heavy atom. The van der Waals surface area contributed by atoms with Crippen molar-refractivity contribution < 1.29 is 4.79 Å². The Bertz CT molecular complexity index is 1170. The van der Waals surface area contributed by atoms with Crippen LogP contribution in [0.15, 0.2) is 48.7 Å². The third-order valence-electron chi connectivity index (χ3n) is 7.44. The first-order valence-electron chi connectivity index (χ1n) is 12.5. The van der Waals surface area contributed by atoms with E-state index in [9.17, 15) is 4.79 Å². The van der Waals surface area contributed by atoms with Crippen molar-refractivity contribution in [2.45, 2.75) is 45.6 Å². The van der Waals surface area contributed by atoms with Crippen molar-refractivity contribution in [1.29, 1.82) is 0 Å². The molecule has 1 amide bonds. The highest BCUT2D eigenvalue weighted by atomic mass is 35.5. The molecule has 0 saturated carbocycles. The molecule has 35 heavy (non-hydrogen) atoms. The SMILES string of the molecule is Cc1ccc(-n2ncc(C(=O)NCCN3CCc4ccccc4C3)c2C2CCNCC2)cc1C.Cl. The van der Waals surface area contributed by atoms with Crippen molar-refractivity contribution in [2.24, 2.45) is 0 Å². The second-order valence-electron chi connectivity index (χ2n) is 9.70. The fourth-order valence-corrected chi connectivity index (χ4v) is 5.25. The number of amides is 1. The van der Waals surface area contributed by atoms with Gasteiger partial charge in [0.25, 0.3) is 5.91 Å². The van der Waals surface area contributed by atoms with Crippen LogP contribution in [0.3, 0.4) is 0 Å². The van der Waals surface area contributed by atoms with E-state index >= 15 is 0 Å². The lowest BCUT2D eigenvalue weighted by molar-refractivity contribution is 0.0945. The number of hydrogen-bond acceptors (Lipinski definition) is 4. The van der Waals surface area contributed by atoms with E-state index in [1.54, 1.807) is 6.20 Å². The molecule has 2 aromatic carbocycles. The minimum absolute atomic E-state index is 0. The van der Waals surface area contributed by atoms with E-state index in [2.05, 4.69) is 71.8 Å². The molecule has 1 aromatic heterocycles. The number of carbonyl (C=O) groups is 1. The van der Waals surface area contributed by atoms with Gasteiger partial charge in [-0.3, -0.25) is 9.69 Å². The normalized spacial score (nSPS) is 16.4. The van der Waals surface area contributed by atoms with Gasteiger partial charge in [-0.25, -0.2) is 4.68 Å². The van der Waals surface area contributed by atoms with E-state index in [0.29, 0.717) is 18.0 Å². The van der Waals surface area contributed by atoms with E-state index in [4.69, 9.17) is 5.10 Å². The molecule has 0 aliphatic carbocycles. The Morgan fingerprint density at radius 2 is 1.86 bits per heavy atom.